The van der Waals surface area contributed by atoms with Gasteiger partial charge < -0.3 is 5.73 Å². The normalized spacial score (nSPS) is 42.1. The average Bonchev–Trinajstić information content (AvgIpc) is 2.12. The van der Waals surface area contributed by atoms with Gasteiger partial charge in [0.2, 0.25) is 0 Å². The standard InChI is InChI=1S/C16H29N/c1-11-5-12(2)7-13(6-11)14-8-15(17)10-16(3,4)9-14/h8,11-13,15H,5-7,9-10,17H2,1-4H3. The van der Waals surface area contributed by atoms with Crippen LogP contribution in [0.15, 0.2) is 11.6 Å². The highest BCUT2D eigenvalue weighted by molar-refractivity contribution is 5.18. The van der Waals surface area contributed by atoms with Gasteiger partial charge >= 0.3 is 0 Å². The largest absolute Gasteiger partial charge is 0.324 e. The van der Waals surface area contributed by atoms with Gasteiger partial charge in [0.1, 0.15) is 0 Å². The highest BCUT2D eigenvalue weighted by Crippen LogP contribution is 2.44. The van der Waals surface area contributed by atoms with Crippen LogP contribution in [0, 0.1) is 23.2 Å². The van der Waals surface area contributed by atoms with Crippen LogP contribution in [0.4, 0.5) is 0 Å². The predicted octanol–water partition coefficient (Wildman–Crippen LogP) is 4.13. The van der Waals surface area contributed by atoms with E-state index in [-0.39, 0.29) is 0 Å². The van der Waals surface area contributed by atoms with Crippen molar-refractivity contribution in [2.75, 3.05) is 0 Å². The molecule has 0 bridgehead atoms. The van der Waals surface area contributed by atoms with Crippen molar-refractivity contribution >= 4 is 0 Å². The number of hydrogen-bond donors (Lipinski definition) is 1. The second-order valence-electron chi connectivity index (χ2n) is 7.56. The zero-order valence-corrected chi connectivity index (χ0v) is 12.0. The topological polar surface area (TPSA) is 26.0 Å². The monoisotopic (exact) mass is 235 g/mol. The summed E-state index contributed by atoms with van der Waals surface area (Å²) >= 11 is 0. The third kappa shape index (κ3) is 3.34. The molecule has 3 atom stereocenters. The van der Waals surface area contributed by atoms with Gasteiger partial charge in [0.05, 0.1) is 0 Å². The van der Waals surface area contributed by atoms with Crippen LogP contribution in [-0.2, 0) is 0 Å². The summed E-state index contributed by atoms with van der Waals surface area (Å²) in [6.07, 6.45) is 9.00. The van der Waals surface area contributed by atoms with E-state index in [1.807, 2.05) is 0 Å². The molecule has 1 saturated carbocycles. The van der Waals surface area contributed by atoms with E-state index < -0.39 is 0 Å². The Kier molecular flexibility index (Phi) is 3.68. The van der Waals surface area contributed by atoms with Gasteiger partial charge in [-0.2, -0.15) is 0 Å². The fraction of sp³-hybridized carbons (Fsp3) is 0.875. The van der Waals surface area contributed by atoms with E-state index in [1.54, 1.807) is 5.57 Å². The summed E-state index contributed by atoms with van der Waals surface area (Å²) in [6.45, 7) is 9.57. The van der Waals surface area contributed by atoms with Crippen molar-refractivity contribution in [3.63, 3.8) is 0 Å². The van der Waals surface area contributed by atoms with Crippen molar-refractivity contribution in [1.82, 2.24) is 0 Å². The molecule has 17 heavy (non-hydrogen) atoms. The summed E-state index contributed by atoms with van der Waals surface area (Å²) in [5.41, 5.74) is 8.28. The van der Waals surface area contributed by atoms with Gasteiger partial charge in [0, 0.05) is 6.04 Å². The summed E-state index contributed by atoms with van der Waals surface area (Å²) in [4.78, 5) is 0. The number of nitrogens with two attached hydrogens (primary N) is 1. The molecule has 0 spiro atoms. The summed E-state index contributed by atoms with van der Waals surface area (Å²) in [5.74, 6) is 2.61. The highest BCUT2D eigenvalue weighted by Gasteiger charge is 2.33. The van der Waals surface area contributed by atoms with Gasteiger partial charge in [-0.25, -0.2) is 0 Å². The van der Waals surface area contributed by atoms with Gasteiger partial charge in [-0.1, -0.05) is 39.3 Å². The van der Waals surface area contributed by atoms with Crippen molar-refractivity contribution in [2.45, 2.75) is 65.8 Å². The Hall–Kier alpha value is -0.300. The zero-order chi connectivity index (χ0) is 12.6. The Labute approximate surface area is 107 Å². The molecule has 2 aliphatic rings. The second-order valence-corrected chi connectivity index (χ2v) is 7.56. The molecule has 0 heterocycles. The fourth-order valence-electron chi connectivity index (χ4n) is 4.19. The summed E-state index contributed by atoms with van der Waals surface area (Å²) in [7, 11) is 0. The Morgan fingerprint density at radius 1 is 1.12 bits per heavy atom. The highest BCUT2D eigenvalue weighted by atomic mass is 14.6. The van der Waals surface area contributed by atoms with E-state index >= 15 is 0 Å². The summed E-state index contributed by atoms with van der Waals surface area (Å²) < 4.78 is 0. The van der Waals surface area contributed by atoms with Crippen molar-refractivity contribution in [1.29, 1.82) is 0 Å². The minimum Gasteiger partial charge on any atom is -0.324 e. The molecular weight excluding hydrogens is 206 g/mol. The summed E-state index contributed by atoms with van der Waals surface area (Å²) in [6, 6.07) is 0.293. The lowest BCUT2D eigenvalue weighted by Crippen LogP contribution is -2.34. The van der Waals surface area contributed by atoms with Crippen molar-refractivity contribution < 1.29 is 0 Å². The quantitative estimate of drug-likeness (QED) is 0.679. The van der Waals surface area contributed by atoms with Crippen LogP contribution in [0.5, 0.6) is 0 Å². The van der Waals surface area contributed by atoms with Crippen LogP contribution in [0.25, 0.3) is 0 Å². The van der Waals surface area contributed by atoms with Gasteiger partial charge in [-0.05, 0) is 55.3 Å². The van der Waals surface area contributed by atoms with Gasteiger partial charge in [-0.15, -0.1) is 0 Å². The van der Waals surface area contributed by atoms with Crippen molar-refractivity contribution in [3.8, 4) is 0 Å². The minimum atomic E-state index is 0.293. The molecule has 2 rings (SSSR count). The average molecular weight is 235 g/mol. The maximum atomic E-state index is 6.20. The molecule has 1 heteroatoms. The van der Waals surface area contributed by atoms with Crippen LogP contribution in [0.2, 0.25) is 0 Å². The molecule has 0 aromatic rings. The van der Waals surface area contributed by atoms with Gasteiger partial charge in [-0.3, -0.25) is 0 Å². The van der Waals surface area contributed by atoms with Crippen LogP contribution in [0.1, 0.15) is 59.8 Å². The van der Waals surface area contributed by atoms with E-state index in [4.69, 9.17) is 5.73 Å². The molecule has 0 aliphatic heterocycles. The lowest BCUT2D eigenvalue weighted by molar-refractivity contribution is 0.216. The molecule has 2 aliphatic carbocycles. The van der Waals surface area contributed by atoms with Gasteiger partial charge in [0.25, 0.3) is 0 Å². The van der Waals surface area contributed by atoms with Crippen molar-refractivity contribution in [2.24, 2.45) is 28.9 Å². The van der Waals surface area contributed by atoms with Crippen molar-refractivity contribution in [3.05, 3.63) is 11.6 Å². The predicted molar refractivity (Wildman–Crippen MR) is 74.7 cm³/mol. The molecular formula is C16H29N. The van der Waals surface area contributed by atoms with Gasteiger partial charge in [0.15, 0.2) is 0 Å². The maximum absolute atomic E-state index is 6.20. The van der Waals surface area contributed by atoms with E-state index in [2.05, 4.69) is 33.8 Å². The SMILES string of the molecule is CC1CC(C)CC(C2=CC(N)CC(C)(C)C2)C1. The molecule has 0 aromatic carbocycles. The molecule has 1 fully saturated rings. The van der Waals surface area contributed by atoms with E-state index in [0.717, 1.165) is 24.2 Å². The smallest absolute Gasteiger partial charge is 0.0231 e. The first-order valence-electron chi connectivity index (χ1n) is 7.32. The second kappa shape index (κ2) is 4.76. The Morgan fingerprint density at radius 3 is 2.24 bits per heavy atom. The lowest BCUT2D eigenvalue weighted by Gasteiger charge is -2.40. The number of allylic oxidation sites excluding steroid dienone is 1. The first kappa shape index (κ1) is 13.1. The van der Waals surface area contributed by atoms with Crippen LogP contribution >= 0.6 is 0 Å². The molecule has 2 N–H and O–H groups in total. The zero-order valence-electron chi connectivity index (χ0n) is 12.0. The fourth-order valence-corrected chi connectivity index (χ4v) is 4.19. The maximum Gasteiger partial charge on any atom is 0.0231 e. The Balaban J connectivity index is 2.11. The van der Waals surface area contributed by atoms with Crippen LogP contribution in [0.3, 0.4) is 0 Å². The third-order valence-electron chi connectivity index (χ3n) is 4.60. The number of hydrogen-bond acceptors (Lipinski definition) is 1. The first-order chi connectivity index (χ1) is 7.85. The Bertz CT molecular complexity index is 293. The molecule has 0 amide bonds. The molecule has 1 nitrogen and oxygen atoms in total. The van der Waals surface area contributed by atoms with E-state index in [9.17, 15) is 0 Å². The van der Waals surface area contributed by atoms with E-state index in [1.165, 1.54) is 25.7 Å². The third-order valence-corrected chi connectivity index (χ3v) is 4.60. The molecule has 0 radical (unpaired) electrons. The van der Waals surface area contributed by atoms with Crippen LogP contribution in [-0.4, -0.2) is 6.04 Å². The first-order valence-corrected chi connectivity index (χ1v) is 7.32. The lowest BCUT2D eigenvalue weighted by atomic mass is 9.67. The molecule has 0 saturated heterocycles. The number of rotatable bonds is 1. The Morgan fingerprint density at radius 2 is 1.71 bits per heavy atom. The molecule has 98 valence electrons. The van der Waals surface area contributed by atoms with E-state index in [0.29, 0.717) is 11.5 Å². The van der Waals surface area contributed by atoms with Crippen LogP contribution < -0.4 is 5.73 Å². The summed E-state index contributed by atoms with van der Waals surface area (Å²) in [5, 5.41) is 0. The molecule has 0 aromatic heterocycles. The minimum absolute atomic E-state index is 0.293. The molecule has 3 unspecified atom stereocenters.